The van der Waals surface area contributed by atoms with Crippen molar-refractivity contribution in [2.24, 2.45) is 0 Å². The standard InChI is InChI=1S/C11H12N2O3/c1-16-8-11(15)13-10-7-9(3-2-6-14)4-5-12-10/h4-5,7,14H,6,8H2,1H3,(H,12,13,15). The van der Waals surface area contributed by atoms with Crippen LogP contribution in [0.1, 0.15) is 5.56 Å². The van der Waals surface area contributed by atoms with Gasteiger partial charge in [-0.2, -0.15) is 0 Å². The summed E-state index contributed by atoms with van der Waals surface area (Å²) in [6, 6.07) is 3.31. The van der Waals surface area contributed by atoms with Gasteiger partial charge in [-0.3, -0.25) is 4.79 Å². The molecule has 16 heavy (non-hydrogen) atoms. The van der Waals surface area contributed by atoms with E-state index >= 15 is 0 Å². The molecule has 0 unspecified atom stereocenters. The van der Waals surface area contributed by atoms with Crippen molar-refractivity contribution < 1.29 is 14.6 Å². The molecule has 0 bridgehead atoms. The molecule has 0 aliphatic heterocycles. The van der Waals surface area contributed by atoms with Gasteiger partial charge in [0.15, 0.2) is 0 Å². The summed E-state index contributed by atoms with van der Waals surface area (Å²) >= 11 is 0. The van der Waals surface area contributed by atoms with Gasteiger partial charge in [-0.25, -0.2) is 4.98 Å². The zero-order valence-electron chi connectivity index (χ0n) is 8.86. The van der Waals surface area contributed by atoms with Gasteiger partial charge in [-0.05, 0) is 12.1 Å². The Kier molecular flexibility index (Phi) is 4.99. The minimum absolute atomic E-state index is 0.0196. The van der Waals surface area contributed by atoms with E-state index in [1.165, 1.54) is 13.3 Å². The van der Waals surface area contributed by atoms with Gasteiger partial charge >= 0.3 is 0 Å². The van der Waals surface area contributed by atoms with Crippen LogP contribution in [0.4, 0.5) is 5.82 Å². The molecule has 0 fully saturated rings. The van der Waals surface area contributed by atoms with Gasteiger partial charge in [0.25, 0.3) is 5.91 Å². The molecule has 0 atom stereocenters. The second-order valence-corrected chi connectivity index (χ2v) is 2.87. The molecule has 0 aromatic carbocycles. The molecule has 0 saturated carbocycles. The van der Waals surface area contributed by atoms with E-state index in [4.69, 9.17) is 5.11 Å². The van der Waals surface area contributed by atoms with Crippen LogP contribution in [0.15, 0.2) is 18.3 Å². The summed E-state index contributed by atoms with van der Waals surface area (Å²) in [5.41, 5.74) is 0.678. The Hall–Kier alpha value is -1.90. The lowest BCUT2D eigenvalue weighted by molar-refractivity contribution is -0.119. The highest BCUT2D eigenvalue weighted by atomic mass is 16.5. The summed E-state index contributed by atoms with van der Waals surface area (Å²) in [6.07, 6.45) is 1.53. The van der Waals surface area contributed by atoms with Crippen LogP contribution in [0.2, 0.25) is 0 Å². The summed E-state index contributed by atoms with van der Waals surface area (Å²) in [5, 5.41) is 11.1. The molecule has 5 nitrogen and oxygen atoms in total. The van der Waals surface area contributed by atoms with Gasteiger partial charge < -0.3 is 15.2 Å². The minimum atomic E-state index is -0.276. The Labute approximate surface area is 93.5 Å². The molecule has 0 aliphatic carbocycles. The third-order valence-corrected chi connectivity index (χ3v) is 1.61. The summed E-state index contributed by atoms with van der Waals surface area (Å²) in [4.78, 5) is 15.1. The van der Waals surface area contributed by atoms with Crippen molar-refractivity contribution in [2.75, 3.05) is 25.6 Å². The number of aromatic nitrogens is 1. The maximum Gasteiger partial charge on any atom is 0.251 e. The highest BCUT2D eigenvalue weighted by molar-refractivity contribution is 5.90. The predicted molar refractivity (Wildman–Crippen MR) is 58.7 cm³/mol. The fourth-order valence-corrected chi connectivity index (χ4v) is 1.03. The number of nitrogens with one attached hydrogen (secondary N) is 1. The Bertz CT molecular complexity index is 421. The number of pyridine rings is 1. The number of ether oxygens (including phenoxy) is 1. The number of rotatable bonds is 3. The monoisotopic (exact) mass is 220 g/mol. The van der Waals surface area contributed by atoms with Gasteiger partial charge in [-0.15, -0.1) is 0 Å². The molecule has 2 N–H and O–H groups in total. The third kappa shape index (κ3) is 4.09. The Morgan fingerprint density at radius 3 is 3.19 bits per heavy atom. The van der Waals surface area contributed by atoms with Crippen LogP contribution < -0.4 is 5.32 Å². The van der Waals surface area contributed by atoms with Crippen molar-refractivity contribution in [3.63, 3.8) is 0 Å². The molecule has 0 aliphatic rings. The maximum absolute atomic E-state index is 11.2. The molecule has 1 aromatic heterocycles. The zero-order valence-corrected chi connectivity index (χ0v) is 8.86. The largest absolute Gasteiger partial charge is 0.384 e. The molecule has 84 valence electrons. The predicted octanol–water partition coefficient (Wildman–Crippen LogP) is 0.0103. The van der Waals surface area contributed by atoms with E-state index < -0.39 is 0 Å². The van der Waals surface area contributed by atoms with Crippen molar-refractivity contribution >= 4 is 11.7 Å². The number of hydrogen-bond acceptors (Lipinski definition) is 4. The van der Waals surface area contributed by atoms with E-state index in [1.807, 2.05) is 0 Å². The summed E-state index contributed by atoms with van der Waals surface area (Å²) in [7, 11) is 1.44. The molecule has 5 heteroatoms. The average molecular weight is 220 g/mol. The van der Waals surface area contributed by atoms with Crippen LogP contribution in [0.25, 0.3) is 0 Å². The van der Waals surface area contributed by atoms with Crippen molar-refractivity contribution in [3.8, 4) is 11.8 Å². The highest BCUT2D eigenvalue weighted by Gasteiger charge is 2.02. The van der Waals surface area contributed by atoms with Gasteiger partial charge in [0.2, 0.25) is 0 Å². The van der Waals surface area contributed by atoms with Crippen LogP contribution in [0.5, 0.6) is 0 Å². The second kappa shape index (κ2) is 6.56. The summed E-state index contributed by atoms with van der Waals surface area (Å²) in [6.45, 7) is -0.220. The van der Waals surface area contributed by atoms with Crippen molar-refractivity contribution in [1.82, 2.24) is 4.98 Å². The van der Waals surface area contributed by atoms with Crippen LogP contribution in [-0.2, 0) is 9.53 Å². The van der Waals surface area contributed by atoms with Gasteiger partial charge in [-0.1, -0.05) is 11.8 Å². The van der Waals surface area contributed by atoms with Crippen molar-refractivity contribution in [2.45, 2.75) is 0 Å². The van der Waals surface area contributed by atoms with E-state index in [2.05, 4.69) is 26.9 Å². The number of hydrogen-bond donors (Lipinski definition) is 2. The molecule has 0 radical (unpaired) electrons. The Morgan fingerprint density at radius 1 is 1.69 bits per heavy atom. The first kappa shape index (κ1) is 12.2. The van der Waals surface area contributed by atoms with E-state index in [0.717, 1.165) is 0 Å². The van der Waals surface area contributed by atoms with Crippen molar-refractivity contribution in [3.05, 3.63) is 23.9 Å². The number of anilines is 1. The van der Waals surface area contributed by atoms with Gasteiger partial charge in [0.1, 0.15) is 19.0 Å². The lowest BCUT2D eigenvalue weighted by atomic mass is 10.2. The lowest BCUT2D eigenvalue weighted by Gasteiger charge is -2.03. The SMILES string of the molecule is COCC(=O)Nc1cc(C#CCO)ccn1. The number of methoxy groups -OCH3 is 1. The average Bonchev–Trinajstić information content (AvgIpc) is 2.27. The first-order valence-corrected chi connectivity index (χ1v) is 4.61. The number of carbonyl (C=O) groups excluding carboxylic acids is 1. The topological polar surface area (TPSA) is 71.5 Å². The van der Waals surface area contributed by atoms with Crippen LogP contribution in [-0.4, -0.2) is 36.3 Å². The number of aliphatic hydroxyl groups excluding tert-OH is 1. The molecule has 1 rings (SSSR count). The van der Waals surface area contributed by atoms with Gasteiger partial charge in [0, 0.05) is 18.9 Å². The number of carbonyl (C=O) groups is 1. The van der Waals surface area contributed by atoms with E-state index in [0.29, 0.717) is 11.4 Å². The lowest BCUT2D eigenvalue weighted by Crippen LogP contribution is -2.17. The van der Waals surface area contributed by atoms with Crippen LogP contribution in [0.3, 0.4) is 0 Å². The Balaban J connectivity index is 2.71. The van der Waals surface area contributed by atoms with E-state index in [9.17, 15) is 4.79 Å². The van der Waals surface area contributed by atoms with E-state index in [1.54, 1.807) is 12.1 Å². The highest BCUT2D eigenvalue weighted by Crippen LogP contribution is 2.05. The fourth-order valence-electron chi connectivity index (χ4n) is 1.03. The molecule has 1 aromatic rings. The zero-order chi connectivity index (χ0) is 11.8. The molecular weight excluding hydrogens is 208 g/mol. The fraction of sp³-hybridized carbons (Fsp3) is 0.273. The van der Waals surface area contributed by atoms with Crippen LogP contribution in [0, 0.1) is 11.8 Å². The normalized spacial score (nSPS) is 9.12. The molecule has 0 saturated heterocycles. The minimum Gasteiger partial charge on any atom is -0.384 e. The summed E-state index contributed by atoms with van der Waals surface area (Å²) < 4.78 is 4.67. The quantitative estimate of drug-likeness (QED) is 0.704. The smallest absolute Gasteiger partial charge is 0.251 e. The third-order valence-electron chi connectivity index (χ3n) is 1.61. The molecular formula is C11H12N2O3. The summed E-state index contributed by atoms with van der Waals surface area (Å²) in [5.74, 6) is 5.36. The number of aliphatic hydroxyl groups is 1. The van der Waals surface area contributed by atoms with E-state index in [-0.39, 0.29) is 19.1 Å². The Morgan fingerprint density at radius 2 is 2.50 bits per heavy atom. The first-order valence-electron chi connectivity index (χ1n) is 4.61. The molecule has 0 spiro atoms. The van der Waals surface area contributed by atoms with Gasteiger partial charge in [0.05, 0.1) is 0 Å². The molecule has 1 heterocycles. The second-order valence-electron chi connectivity index (χ2n) is 2.87. The van der Waals surface area contributed by atoms with Crippen molar-refractivity contribution in [1.29, 1.82) is 0 Å². The molecule has 1 amide bonds. The number of nitrogens with zero attached hydrogens (tertiary/aromatic N) is 1. The first-order chi connectivity index (χ1) is 7.76. The maximum atomic E-state index is 11.2. The number of amides is 1. The van der Waals surface area contributed by atoms with Crippen LogP contribution >= 0.6 is 0 Å².